The molecule has 1 aromatic heterocycles. The van der Waals surface area contributed by atoms with Crippen LogP contribution in [0.3, 0.4) is 0 Å². The van der Waals surface area contributed by atoms with E-state index in [1.807, 2.05) is 24.3 Å². The van der Waals surface area contributed by atoms with Gasteiger partial charge < -0.3 is 4.90 Å². The van der Waals surface area contributed by atoms with Gasteiger partial charge in [0.2, 0.25) is 0 Å². The molecule has 4 rings (SSSR count). The normalized spacial score (nSPS) is 17.4. The van der Waals surface area contributed by atoms with Crippen LogP contribution in [0.5, 0.6) is 0 Å². The first-order valence-corrected chi connectivity index (χ1v) is 8.62. The topological polar surface area (TPSA) is 59.3 Å². The molecule has 0 amide bonds. The lowest BCUT2D eigenvalue weighted by Crippen LogP contribution is -2.24. The van der Waals surface area contributed by atoms with E-state index < -0.39 is 22.2 Å². The van der Waals surface area contributed by atoms with Crippen molar-refractivity contribution in [2.24, 2.45) is 0 Å². The fraction of sp³-hybridized carbons (Fsp3) is 0.235. The molecule has 1 aliphatic rings. The highest BCUT2D eigenvalue weighted by Crippen LogP contribution is 2.41. The van der Waals surface area contributed by atoms with Crippen molar-refractivity contribution in [3.8, 4) is 0 Å². The zero-order valence-corrected chi connectivity index (χ0v) is 13.8. The predicted molar refractivity (Wildman–Crippen MR) is 92.0 cm³/mol. The molecule has 0 radical (unpaired) electrons. The molecule has 1 unspecified atom stereocenters. The van der Waals surface area contributed by atoms with Crippen molar-refractivity contribution in [2.45, 2.75) is 18.9 Å². The summed E-state index contributed by atoms with van der Waals surface area (Å²) in [7, 11) is 0. The number of para-hydroxylation sites is 1. The summed E-state index contributed by atoms with van der Waals surface area (Å²) < 4.78 is 29.8. The van der Waals surface area contributed by atoms with Gasteiger partial charge in [0.05, 0.1) is 33.3 Å². The fourth-order valence-corrected chi connectivity index (χ4v) is 4.37. The van der Waals surface area contributed by atoms with Crippen LogP contribution in [0.25, 0.3) is 10.2 Å². The van der Waals surface area contributed by atoms with E-state index in [0.29, 0.717) is 6.54 Å². The van der Waals surface area contributed by atoms with Gasteiger partial charge >= 0.3 is 0 Å². The number of nitro groups is 1. The van der Waals surface area contributed by atoms with Crippen LogP contribution in [-0.4, -0.2) is 16.5 Å². The Morgan fingerprint density at radius 2 is 1.96 bits per heavy atom. The molecule has 0 spiro atoms. The van der Waals surface area contributed by atoms with Gasteiger partial charge in [0.15, 0.2) is 11.6 Å². The lowest BCUT2D eigenvalue weighted by atomic mass is 10.2. The molecule has 2 aromatic carbocycles. The molecule has 1 aliphatic heterocycles. The number of hydrogen-bond acceptors (Lipinski definition) is 5. The quantitative estimate of drug-likeness (QED) is 0.495. The number of hydrogen-bond donors (Lipinski definition) is 0. The van der Waals surface area contributed by atoms with Crippen LogP contribution in [0.15, 0.2) is 36.4 Å². The van der Waals surface area contributed by atoms with Crippen LogP contribution >= 0.6 is 11.3 Å². The highest BCUT2D eigenvalue weighted by Gasteiger charge is 2.33. The van der Waals surface area contributed by atoms with Crippen LogP contribution in [0, 0.1) is 21.7 Å². The van der Waals surface area contributed by atoms with E-state index in [1.54, 1.807) is 4.90 Å². The molecule has 2 heterocycles. The maximum absolute atomic E-state index is 14.4. The summed E-state index contributed by atoms with van der Waals surface area (Å²) in [5.41, 5.74) is 0.0563. The lowest BCUT2D eigenvalue weighted by molar-refractivity contribution is -0.385. The summed E-state index contributed by atoms with van der Waals surface area (Å²) >= 11 is 1.51. The Labute approximate surface area is 145 Å². The van der Waals surface area contributed by atoms with Gasteiger partial charge in [-0.1, -0.05) is 12.1 Å². The second-order valence-corrected chi connectivity index (χ2v) is 6.95. The molecule has 5 nitrogen and oxygen atoms in total. The monoisotopic (exact) mass is 361 g/mol. The number of halogens is 2. The molecular weight excluding hydrogens is 348 g/mol. The average Bonchev–Trinajstić information content (AvgIpc) is 3.20. The molecular formula is C17H13F2N3O2S. The largest absolute Gasteiger partial charge is 0.357 e. The Hall–Kier alpha value is -2.61. The van der Waals surface area contributed by atoms with Crippen molar-refractivity contribution in [3.63, 3.8) is 0 Å². The summed E-state index contributed by atoms with van der Waals surface area (Å²) in [4.78, 5) is 16.2. The molecule has 1 fully saturated rings. The third-order valence-electron chi connectivity index (χ3n) is 4.35. The molecule has 25 heavy (non-hydrogen) atoms. The number of rotatable bonds is 3. The molecule has 1 atom stereocenters. The number of non-ortho nitro benzene ring substituents is 1. The van der Waals surface area contributed by atoms with E-state index in [-0.39, 0.29) is 11.7 Å². The lowest BCUT2D eigenvalue weighted by Gasteiger charge is -2.26. The number of anilines is 1. The van der Waals surface area contributed by atoms with Crippen molar-refractivity contribution >= 4 is 32.9 Å². The Kier molecular flexibility index (Phi) is 3.84. The fourth-order valence-electron chi connectivity index (χ4n) is 3.26. The van der Waals surface area contributed by atoms with E-state index in [2.05, 4.69) is 4.98 Å². The number of benzene rings is 2. The Bertz CT molecular complexity index is 919. The maximum Gasteiger partial charge on any atom is 0.275 e. The number of nitrogens with zero attached hydrogens (tertiary/aromatic N) is 3. The molecule has 3 aromatic rings. The zero-order valence-electron chi connectivity index (χ0n) is 13.0. The summed E-state index contributed by atoms with van der Waals surface area (Å²) in [5, 5.41) is 11.6. The second-order valence-electron chi connectivity index (χ2n) is 5.89. The number of aromatic nitrogens is 1. The van der Waals surface area contributed by atoms with Crippen LogP contribution in [-0.2, 0) is 0 Å². The van der Waals surface area contributed by atoms with Crippen LogP contribution in [0.1, 0.15) is 23.9 Å². The summed E-state index contributed by atoms with van der Waals surface area (Å²) in [6.07, 6.45) is 1.51. The molecule has 0 N–H and O–H groups in total. The van der Waals surface area contributed by atoms with Crippen LogP contribution in [0.4, 0.5) is 20.2 Å². The minimum Gasteiger partial charge on any atom is -0.357 e. The Morgan fingerprint density at radius 1 is 1.24 bits per heavy atom. The van der Waals surface area contributed by atoms with Gasteiger partial charge in [-0.2, -0.15) is 0 Å². The van der Waals surface area contributed by atoms with Crippen molar-refractivity contribution in [1.82, 2.24) is 4.98 Å². The first-order chi connectivity index (χ1) is 12.0. The van der Waals surface area contributed by atoms with Gasteiger partial charge in [-0.3, -0.25) is 10.1 Å². The van der Waals surface area contributed by atoms with E-state index >= 15 is 0 Å². The SMILES string of the molecule is O=[N+]([O-])c1cc(F)c(N2CCCC2c2nc3ccccc3s2)c(F)c1. The Morgan fingerprint density at radius 3 is 2.64 bits per heavy atom. The van der Waals surface area contributed by atoms with E-state index in [9.17, 15) is 18.9 Å². The molecule has 0 aliphatic carbocycles. The molecule has 128 valence electrons. The second kappa shape index (κ2) is 6.03. The van der Waals surface area contributed by atoms with Crippen molar-refractivity contribution in [3.05, 3.63) is 63.2 Å². The summed E-state index contributed by atoms with van der Waals surface area (Å²) in [6.45, 7) is 0.478. The van der Waals surface area contributed by atoms with Crippen molar-refractivity contribution < 1.29 is 13.7 Å². The van der Waals surface area contributed by atoms with Gasteiger partial charge in [0.25, 0.3) is 5.69 Å². The van der Waals surface area contributed by atoms with Crippen molar-refractivity contribution in [2.75, 3.05) is 11.4 Å². The Balaban J connectivity index is 1.76. The highest BCUT2D eigenvalue weighted by atomic mass is 32.1. The average molecular weight is 361 g/mol. The molecule has 1 saturated heterocycles. The maximum atomic E-state index is 14.4. The number of nitro benzene ring substituents is 1. The minimum absolute atomic E-state index is 0.215. The standard InChI is InChI=1S/C17H13F2N3O2S/c18-11-8-10(22(23)24)9-12(19)16(11)21-7-3-5-14(21)17-20-13-4-1-2-6-15(13)25-17/h1-2,4,6,8-9,14H,3,5,7H2. The molecule has 0 bridgehead atoms. The first kappa shape index (κ1) is 15.9. The molecule has 8 heteroatoms. The third-order valence-corrected chi connectivity index (χ3v) is 5.49. The van der Waals surface area contributed by atoms with Crippen LogP contribution < -0.4 is 4.90 Å². The van der Waals surface area contributed by atoms with Gasteiger partial charge in [0.1, 0.15) is 10.7 Å². The van der Waals surface area contributed by atoms with E-state index in [4.69, 9.17) is 0 Å². The summed E-state index contributed by atoms with van der Waals surface area (Å²) in [6, 6.07) is 8.99. The number of thiazole rings is 1. The zero-order chi connectivity index (χ0) is 17.6. The smallest absolute Gasteiger partial charge is 0.275 e. The van der Waals surface area contributed by atoms with Gasteiger partial charge in [-0.15, -0.1) is 11.3 Å². The van der Waals surface area contributed by atoms with Crippen LogP contribution in [0.2, 0.25) is 0 Å². The predicted octanol–water partition coefficient (Wildman–Crippen LogP) is 4.82. The van der Waals surface area contributed by atoms with Gasteiger partial charge in [0, 0.05) is 6.54 Å². The third kappa shape index (κ3) is 2.72. The van der Waals surface area contributed by atoms with E-state index in [0.717, 1.165) is 40.2 Å². The highest BCUT2D eigenvalue weighted by molar-refractivity contribution is 7.18. The summed E-state index contributed by atoms with van der Waals surface area (Å²) in [5.74, 6) is -1.83. The first-order valence-electron chi connectivity index (χ1n) is 7.80. The molecule has 0 saturated carbocycles. The number of fused-ring (bicyclic) bond motifs is 1. The van der Waals surface area contributed by atoms with Gasteiger partial charge in [-0.25, -0.2) is 13.8 Å². The van der Waals surface area contributed by atoms with E-state index in [1.165, 1.54) is 11.3 Å². The van der Waals surface area contributed by atoms with Gasteiger partial charge in [-0.05, 0) is 25.0 Å². The minimum atomic E-state index is -0.917. The van der Waals surface area contributed by atoms with Crippen molar-refractivity contribution in [1.29, 1.82) is 0 Å².